The average molecular weight is 232 g/mol. The number of aryl methyl sites for hydroxylation is 2. The zero-order valence-electron chi connectivity index (χ0n) is 10.8. The Bertz CT molecular complexity index is 539. The third-order valence-corrected chi connectivity index (χ3v) is 3.57. The van der Waals surface area contributed by atoms with E-state index in [1.807, 2.05) is 26.8 Å². The molecule has 0 spiro atoms. The van der Waals surface area contributed by atoms with E-state index in [1.165, 1.54) is 0 Å². The van der Waals surface area contributed by atoms with Crippen molar-refractivity contribution in [3.63, 3.8) is 0 Å². The Kier molecular flexibility index (Phi) is 2.38. The molecule has 0 bridgehead atoms. The van der Waals surface area contributed by atoms with Crippen LogP contribution in [0.4, 0.5) is 0 Å². The van der Waals surface area contributed by atoms with Crippen molar-refractivity contribution in [2.75, 3.05) is 0 Å². The number of fused-ring (bicyclic) bond motifs is 1. The van der Waals surface area contributed by atoms with Crippen LogP contribution in [-0.2, 0) is 14.9 Å². The summed E-state index contributed by atoms with van der Waals surface area (Å²) >= 11 is 0. The van der Waals surface area contributed by atoms with E-state index < -0.39 is 17.4 Å². The second-order valence-corrected chi connectivity index (χ2v) is 5.19. The first kappa shape index (κ1) is 11.8. The number of cyclic esters (lactones) is 2. The minimum absolute atomic E-state index is 0.469. The van der Waals surface area contributed by atoms with Crippen molar-refractivity contribution in [1.29, 1.82) is 0 Å². The monoisotopic (exact) mass is 232 g/mol. The SMILES string of the molecule is Cc1cc(C)c2c(c1C)C(C)(C)C(=O)OC2=O. The van der Waals surface area contributed by atoms with Crippen LogP contribution in [0.1, 0.15) is 46.5 Å². The summed E-state index contributed by atoms with van der Waals surface area (Å²) < 4.78 is 4.83. The molecule has 0 atom stereocenters. The van der Waals surface area contributed by atoms with E-state index in [0.29, 0.717) is 5.56 Å². The minimum Gasteiger partial charge on any atom is -0.389 e. The maximum Gasteiger partial charge on any atom is 0.346 e. The van der Waals surface area contributed by atoms with Crippen LogP contribution < -0.4 is 0 Å². The third-order valence-electron chi connectivity index (χ3n) is 3.57. The number of carbonyl (C=O) groups excluding carboxylic acids is 2. The van der Waals surface area contributed by atoms with Gasteiger partial charge in [-0.3, -0.25) is 4.79 Å². The molecule has 1 heterocycles. The molecule has 1 aliphatic rings. The summed E-state index contributed by atoms with van der Waals surface area (Å²) in [4.78, 5) is 23.6. The van der Waals surface area contributed by atoms with Gasteiger partial charge in [0.15, 0.2) is 0 Å². The van der Waals surface area contributed by atoms with Crippen LogP contribution in [0.25, 0.3) is 0 Å². The highest BCUT2D eigenvalue weighted by molar-refractivity contribution is 6.07. The molecule has 0 aromatic heterocycles. The van der Waals surface area contributed by atoms with Crippen LogP contribution in [0, 0.1) is 20.8 Å². The van der Waals surface area contributed by atoms with Crippen LogP contribution in [-0.4, -0.2) is 11.9 Å². The number of hydrogen-bond donors (Lipinski definition) is 0. The molecule has 0 saturated carbocycles. The molecule has 0 saturated heterocycles. The predicted molar refractivity (Wildman–Crippen MR) is 64.1 cm³/mol. The first-order chi connectivity index (χ1) is 7.76. The molecule has 0 N–H and O–H groups in total. The van der Waals surface area contributed by atoms with Crippen LogP contribution in [0.3, 0.4) is 0 Å². The van der Waals surface area contributed by atoms with Crippen molar-refractivity contribution in [2.45, 2.75) is 40.0 Å². The molecule has 0 amide bonds. The van der Waals surface area contributed by atoms with Gasteiger partial charge in [-0.15, -0.1) is 0 Å². The topological polar surface area (TPSA) is 43.4 Å². The Balaban J connectivity index is 2.89. The first-order valence-corrected chi connectivity index (χ1v) is 5.64. The summed E-state index contributed by atoms with van der Waals surface area (Å²) in [6.07, 6.45) is 0. The fraction of sp³-hybridized carbons (Fsp3) is 0.429. The van der Waals surface area contributed by atoms with Gasteiger partial charge in [-0.05, 0) is 56.9 Å². The van der Waals surface area contributed by atoms with Crippen LogP contribution in [0.15, 0.2) is 6.07 Å². The number of ether oxygens (including phenoxy) is 1. The Morgan fingerprint density at radius 1 is 1.06 bits per heavy atom. The molecule has 1 aromatic rings. The Labute approximate surface area is 101 Å². The van der Waals surface area contributed by atoms with Gasteiger partial charge in [0.1, 0.15) is 0 Å². The zero-order chi connectivity index (χ0) is 13.0. The van der Waals surface area contributed by atoms with Crippen molar-refractivity contribution in [1.82, 2.24) is 0 Å². The predicted octanol–water partition coefficient (Wildman–Crippen LogP) is 2.59. The summed E-state index contributed by atoms with van der Waals surface area (Å²) in [6.45, 7) is 9.40. The highest BCUT2D eigenvalue weighted by atomic mass is 16.6. The number of hydrogen-bond acceptors (Lipinski definition) is 3. The van der Waals surface area contributed by atoms with Gasteiger partial charge in [0.05, 0.1) is 11.0 Å². The standard InChI is InChI=1S/C14H16O3/c1-7-6-8(2)10-11(9(7)3)14(4,5)13(16)17-12(10)15/h6H,1-5H3. The molecule has 0 fully saturated rings. The van der Waals surface area contributed by atoms with Crippen molar-refractivity contribution in [2.24, 2.45) is 0 Å². The van der Waals surface area contributed by atoms with Gasteiger partial charge in [-0.25, -0.2) is 4.79 Å². The van der Waals surface area contributed by atoms with Crippen LogP contribution in [0.2, 0.25) is 0 Å². The fourth-order valence-corrected chi connectivity index (χ4v) is 2.50. The molecule has 0 unspecified atom stereocenters. The van der Waals surface area contributed by atoms with Gasteiger partial charge in [0.2, 0.25) is 0 Å². The highest BCUT2D eigenvalue weighted by Gasteiger charge is 2.43. The summed E-state index contributed by atoms with van der Waals surface area (Å²) in [5, 5.41) is 0. The molecule has 0 aliphatic carbocycles. The Hall–Kier alpha value is -1.64. The van der Waals surface area contributed by atoms with E-state index >= 15 is 0 Å². The second-order valence-electron chi connectivity index (χ2n) is 5.19. The zero-order valence-corrected chi connectivity index (χ0v) is 10.8. The third kappa shape index (κ3) is 1.49. The van der Waals surface area contributed by atoms with E-state index in [0.717, 1.165) is 22.3 Å². The molecule has 90 valence electrons. The summed E-state index contributed by atoms with van der Waals surface area (Å²) in [7, 11) is 0. The van der Waals surface area contributed by atoms with Gasteiger partial charge < -0.3 is 4.74 Å². The van der Waals surface area contributed by atoms with E-state index in [1.54, 1.807) is 13.8 Å². The molecule has 0 radical (unpaired) electrons. The maximum absolute atomic E-state index is 11.8. The summed E-state index contributed by atoms with van der Waals surface area (Å²) in [5.74, 6) is -0.993. The van der Waals surface area contributed by atoms with Gasteiger partial charge in [-0.1, -0.05) is 6.07 Å². The molecular weight excluding hydrogens is 216 g/mol. The smallest absolute Gasteiger partial charge is 0.346 e. The lowest BCUT2D eigenvalue weighted by Gasteiger charge is -2.32. The first-order valence-electron chi connectivity index (χ1n) is 5.64. The number of rotatable bonds is 0. The molecule has 17 heavy (non-hydrogen) atoms. The molecule has 1 aliphatic heterocycles. The normalized spacial score (nSPS) is 17.7. The molecule has 1 aromatic carbocycles. The van der Waals surface area contributed by atoms with E-state index in [9.17, 15) is 9.59 Å². The average Bonchev–Trinajstić information content (AvgIpc) is 2.20. The van der Waals surface area contributed by atoms with Gasteiger partial charge >= 0.3 is 11.9 Å². The van der Waals surface area contributed by atoms with E-state index in [2.05, 4.69) is 0 Å². The fourth-order valence-electron chi connectivity index (χ4n) is 2.50. The number of esters is 2. The van der Waals surface area contributed by atoms with Crippen LogP contribution >= 0.6 is 0 Å². The van der Waals surface area contributed by atoms with E-state index in [-0.39, 0.29) is 0 Å². The summed E-state index contributed by atoms with van der Waals surface area (Å²) in [6, 6.07) is 1.96. The Morgan fingerprint density at radius 3 is 2.24 bits per heavy atom. The van der Waals surface area contributed by atoms with Crippen LogP contribution in [0.5, 0.6) is 0 Å². The lowest BCUT2D eigenvalue weighted by Crippen LogP contribution is -2.40. The minimum atomic E-state index is -0.760. The lowest BCUT2D eigenvalue weighted by molar-refractivity contribution is -0.144. The largest absolute Gasteiger partial charge is 0.389 e. The van der Waals surface area contributed by atoms with Crippen molar-refractivity contribution in [3.05, 3.63) is 33.9 Å². The Morgan fingerprint density at radius 2 is 1.65 bits per heavy atom. The highest BCUT2D eigenvalue weighted by Crippen LogP contribution is 2.38. The maximum atomic E-state index is 11.8. The van der Waals surface area contributed by atoms with E-state index in [4.69, 9.17) is 4.74 Å². The van der Waals surface area contributed by atoms with Gasteiger partial charge in [-0.2, -0.15) is 0 Å². The molecular formula is C14H16O3. The lowest BCUT2D eigenvalue weighted by atomic mass is 9.75. The molecule has 3 nitrogen and oxygen atoms in total. The van der Waals surface area contributed by atoms with Crippen molar-refractivity contribution < 1.29 is 14.3 Å². The van der Waals surface area contributed by atoms with Crippen molar-refractivity contribution in [3.8, 4) is 0 Å². The molecule has 3 heteroatoms. The van der Waals surface area contributed by atoms with Crippen molar-refractivity contribution >= 4 is 11.9 Å². The van der Waals surface area contributed by atoms with Gasteiger partial charge in [0.25, 0.3) is 0 Å². The second kappa shape index (κ2) is 3.42. The quantitative estimate of drug-likeness (QED) is 0.510. The number of carbonyl (C=O) groups is 2. The number of benzene rings is 1. The van der Waals surface area contributed by atoms with Gasteiger partial charge in [0, 0.05) is 0 Å². The summed E-state index contributed by atoms with van der Waals surface area (Å²) in [5.41, 5.74) is 3.57. The molecule has 2 rings (SSSR count).